The van der Waals surface area contributed by atoms with Crippen LogP contribution in [0, 0.1) is 19.7 Å². The average Bonchev–Trinajstić information content (AvgIpc) is 3.16. The molecule has 5 rings (SSSR count). The van der Waals surface area contributed by atoms with Crippen LogP contribution in [0.1, 0.15) is 16.7 Å². The van der Waals surface area contributed by atoms with Crippen molar-refractivity contribution in [2.45, 2.75) is 20.4 Å². The van der Waals surface area contributed by atoms with Gasteiger partial charge in [0.1, 0.15) is 5.82 Å². The molecule has 2 heterocycles. The molecule has 1 aromatic heterocycles. The summed E-state index contributed by atoms with van der Waals surface area (Å²) < 4.78 is 16.5. The lowest BCUT2D eigenvalue weighted by molar-refractivity contribution is 0.571. The summed E-state index contributed by atoms with van der Waals surface area (Å²) in [5, 5.41) is 4.09. The molecule has 4 nitrogen and oxygen atoms in total. The van der Waals surface area contributed by atoms with E-state index in [1.54, 1.807) is 0 Å². The van der Waals surface area contributed by atoms with Crippen LogP contribution in [0.15, 0.2) is 54.6 Å². The van der Waals surface area contributed by atoms with Crippen molar-refractivity contribution in [3.05, 3.63) is 82.1 Å². The van der Waals surface area contributed by atoms with Crippen molar-refractivity contribution in [1.82, 2.24) is 14.9 Å². The molecule has 1 aliphatic heterocycles. The van der Waals surface area contributed by atoms with Crippen LogP contribution in [0.4, 0.5) is 10.3 Å². The number of hydrogen-bond acceptors (Lipinski definition) is 3. The van der Waals surface area contributed by atoms with E-state index in [1.807, 2.05) is 56.3 Å². The van der Waals surface area contributed by atoms with Gasteiger partial charge in [-0.3, -0.25) is 0 Å². The van der Waals surface area contributed by atoms with E-state index in [1.165, 1.54) is 0 Å². The quantitative estimate of drug-likeness (QED) is 0.443. The topological polar surface area (TPSA) is 33.1 Å². The summed E-state index contributed by atoms with van der Waals surface area (Å²) in [6, 6.07) is 18.1. The number of aromatic nitrogens is 2. The largest absolute Gasteiger partial charge is 0.340 e. The highest BCUT2D eigenvalue weighted by Crippen LogP contribution is 2.35. The van der Waals surface area contributed by atoms with Crippen LogP contribution < -0.4 is 10.2 Å². The van der Waals surface area contributed by atoms with Crippen LogP contribution in [-0.2, 0) is 6.54 Å². The summed E-state index contributed by atoms with van der Waals surface area (Å²) in [6.45, 7) is 7.86. The summed E-state index contributed by atoms with van der Waals surface area (Å²) in [5.41, 5.74) is 6.42. The van der Waals surface area contributed by atoms with E-state index in [2.05, 4.69) is 26.9 Å². The first-order valence-corrected chi connectivity index (χ1v) is 11.4. The van der Waals surface area contributed by atoms with E-state index in [9.17, 15) is 4.39 Å². The van der Waals surface area contributed by atoms with Crippen molar-refractivity contribution in [2.75, 3.05) is 31.1 Å². The number of nitrogens with zero attached hydrogens (tertiary/aromatic N) is 3. The second-order valence-electron chi connectivity index (χ2n) is 8.47. The predicted molar refractivity (Wildman–Crippen MR) is 130 cm³/mol. The molecule has 1 aliphatic rings. The van der Waals surface area contributed by atoms with Crippen molar-refractivity contribution in [2.24, 2.45) is 0 Å². The van der Waals surface area contributed by atoms with Crippen molar-refractivity contribution in [1.29, 1.82) is 0 Å². The fourth-order valence-corrected chi connectivity index (χ4v) is 4.80. The highest BCUT2D eigenvalue weighted by Gasteiger charge is 2.22. The normalized spacial score (nSPS) is 14.3. The minimum Gasteiger partial charge on any atom is -0.340 e. The number of hydrogen-bond donors (Lipinski definition) is 1. The molecule has 1 saturated heterocycles. The van der Waals surface area contributed by atoms with Gasteiger partial charge in [-0.15, -0.1) is 0 Å². The molecule has 0 unspecified atom stereocenters. The Hall–Kier alpha value is -2.89. The van der Waals surface area contributed by atoms with Gasteiger partial charge in [0.05, 0.1) is 17.6 Å². The van der Waals surface area contributed by atoms with Gasteiger partial charge in [0.15, 0.2) is 0 Å². The maximum Gasteiger partial charge on any atom is 0.206 e. The zero-order valence-electron chi connectivity index (χ0n) is 18.3. The molecule has 0 aliphatic carbocycles. The highest BCUT2D eigenvalue weighted by atomic mass is 35.5. The van der Waals surface area contributed by atoms with Crippen LogP contribution in [0.2, 0.25) is 5.02 Å². The third kappa shape index (κ3) is 3.87. The molecule has 0 radical (unpaired) electrons. The molecule has 0 atom stereocenters. The van der Waals surface area contributed by atoms with Gasteiger partial charge in [0.2, 0.25) is 5.95 Å². The van der Waals surface area contributed by atoms with Gasteiger partial charge in [0.25, 0.3) is 0 Å². The summed E-state index contributed by atoms with van der Waals surface area (Å²) >= 11 is 6.60. The number of halogens is 2. The number of benzene rings is 3. The van der Waals surface area contributed by atoms with Gasteiger partial charge in [-0.1, -0.05) is 54.1 Å². The minimum absolute atomic E-state index is 0.138. The molecule has 1 N–H and O–H groups in total. The first kappa shape index (κ1) is 21.0. The highest BCUT2D eigenvalue weighted by molar-refractivity contribution is 6.31. The fourth-order valence-electron chi connectivity index (χ4n) is 4.59. The molecule has 0 amide bonds. The lowest BCUT2D eigenvalue weighted by Gasteiger charge is -2.29. The number of imidazole rings is 1. The van der Waals surface area contributed by atoms with Crippen molar-refractivity contribution < 1.29 is 4.39 Å². The van der Waals surface area contributed by atoms with E-state index < -0.39 is 0 Å². The maximum absolute atomic E-state index is 14.3. The SMILES string of the molecule is Cc1cc(Cn2c(N3CCNCC3)nc3c(-c4ccccc4)cc(Cl)cc32)cc(C)c1F. The van der Waals surface area contributed by atoms with Crippen molar-refractivity contribution in [3.63, 3.8) is 0 Å². The lowest BCUT2D eigenvalue weighted by Crippen LogP contribution is -2.44. The Morgan fingerprint density at radius 1 is 1.00 bits per heavy atom. The standard InChI is InChI=1S/C26H26ClFN4/c1-17-12-19(13-18(2)24(17)28)16-32-23-15-21(27)14-22(20-6-4-3-5-7-20)25(23)30-26(32)31-10-8-29-9-11-31/h3-7,12-15,29H,8-11,16H2,1-2H3. The minimum atomic E-state index is -0.138. The Kier molecular flexibility index (Phi) is 5.62. The van der Waals surface area contributed by atoms with Crippen molar-refractivity contribution >= 4 is 28.6 Å². The second-order valence-corrected chi connectivity index (χ2v) is 8.90. The van der Waals surface area contributed by atoms with Gasteiger partial charge in [0, 0.05) is 36.8 Å². The van der Waals surface area contributed by atoms with Crippen molar-refractivity contribution in [3.8, 4) is 11.1 Å². The van der Waals surface area contributed by atoms with Crippen LogP contribution in [0.25, 0.3) is 22.2 Å². The number of aryl methyl sites for hydroxylation is 2. The van der Waals surface area contributed by atoms with Gasteiger partial charge >= 0.3 is 0 Å². The Bertz CT molecular complexity index is 1250. The smallest absolute Gasteiger partial charge is 0.206 e. The third-order valence-electron chi connectivity index (χ3n) is 6.12. The van der Waals surface area contributed by atoms with Gasteiger partial charge in [-0.25, -0.2) is 9.37 Å². The molecule has 6 heteroatoms. The molecule has 0 bridgehead atoms. The molecule has 3 aromatic carbocycles. The first-order valence-electron chi connectivity index (χ1n) is 11.0. The zero-order chi connectivity index (χ0) is 22.2. The van der Waals surface area contributed by atoms with E-state index in [0.29, 0.717) is 22.7 Å². The Morgan fingerprint density at radius 2 is 1.69 bits per heavy atom. The average molecular weight is 449 g/mol. The zero-order valence-corrected chi connectivity index (χ0v) is 19.1. The summed E-state index contributed by atoms with van der Waals surface area (Å²) in [7, 11) is 0. The van der Waals surface area contributed by atoms with Crippen LogP contribution in [-0.4, -0.2) is 35.7 Å². The Balaban J connectivity index is 1.71. The third-order valence-corrected chi connectivity index (χ3v) is 6.34. The molecule has 0 spiro atoms. The van der Waals surface area contributed by atoms with E-state index >= 15 is 0 Å². The number of nitrogens with one attached hydrogen (secondary N) is 1. The van der Waals surface area contributed by atoms with Crippen LogP contribution in [0.3, 0.4) is 0 Å². The number of piperazine rings is 1. The molecule has 0 saturated carbocycles. The van der Waals surface area contributed by atoms with Gasteiger partial charge in [-0.05, 0) is 48.2 Å². The van der Waals surface area contributed by atoms with Gasteiger partial charge in [-0.2, -0.15) is 0 Å². The Morgan fingerprint density at radius 3 is 2.38 bits per heavy atom. The second kappa shape index (κ2) is 8.57. The molecular weight excluding hydrogens is 423 g/mol. The summed E-state index contributed by atoms with van der Waals surface area (Å²) in [6.07, 6.45) is 0. The monoisotopic (exact) mass is 448 g/mol. The molecular formula is C26H26ClFN4. The van der Waals surface area contributed by atoms with Gasteiger partial charge < -0.3 is 14.8 Å². The number of rotatable bonds is 4. The van der Waals surface area contributed by atoms with E-state index in [4.69, 9.17) is 16.6 Å². The molecule has 164 valence electrons. The van der Waals surface area contributed by atoms with E-state index in [-0.39, 0.29) is 5.82 Å². The van der Waals surface area contributed by atoms with E-state index in [0.717, 1.165) is 59.9 Å². The first-order chi connectivity index (χ1) is 15.5. The molecule has 1 fully saturated rings. The fraction of sp³-hybridized carbons (Fsp3) is 0.269. The summed E-state index contributed by atoms with van der Waals surface area (Å²) in [5.74, 6) is 0.793. The molecule has 4 aromatic rings. The van der Waals surface area contributed by atoms with Crippen LogP contribution >= 0.6 is 11.6 Å². The predicted octanol–water partition coefficient (Wildman–Crippen LogP) is 5.57. The molecule has 32 heavy (non-hydrogen) atoms. The number of anilines is 1. The van der Waals surface area contributed by atoms with Crippen LogP contribution in [0.5, 0.6) is 0 Å². The number of fused-ring (bicyclic) bond motifs is 1. The lowest BCUT2D eigenvalue weighted by atomic mass is 10.0. The summed E-state index contributed by atoms with van der Waals surface area (Å²) in [4.78, 5) is 7.46. The Labute approximate surface area is 192 Å². The maximum atomic E-state index is 14.3.